The van der Waals surface area contributed by atoms with E-state index in [-0.39, 0.29) is 18.2 Å². The number of halogens is 2. The molecule has 0 amide bonds. The Bertz CT molecular complexity index is 623. The molecule has 2 rings (SSSR count). The number of hydrogen-bond donors (Lipinski definition) is 1. The number of aliphatic carboxylic acids is 1. The van der Waals surface area contributed by atoms with Crippen molar-refractivity contribution in [1.29, 1.82) is 0 Å². The molecule has 20 heavy (non-hydrogen) atoms. The van der Waals surface area contributed by atoms with Gasteiger partial charge in [0.25, 0.3) is 0 Å². The topological polar surface area (TPSA) is 37.3 Å². The summed E-state index contributed by atoms with van der Waals surface area (Å²) in [6, 6.07) is 11.7. The van der Waals surface area contributed by atoms with Gasteiger partial charge in [-0.3, -0.25) is 4.79 Å². The number of carboxylic acids is 1. The van der Waals surface area contributed by atoms with Gasteiger partial charge >= 0.3 is 5.97 Å². The lowest BCUT2D eigenvalue weighted by Gasteiger charge is -2.17. The smallest absolute Gasteiger partial charge is 0.304 e. The molecule has 0 saturated carbocycles. The van der Waals surface area contributed by atoms with Gasteiger partial charge in [-0.2, -0.15) is 0 Å². The zero-order valence-corrected chi connectivity index (χ0v) is 11.7. The lowest BCUT2D eigenvalue weighted by molar-refractivity contribution is -0.137. The first kappa shape index (κ1) is 14.5. The molecule has 0 spiro atoms. The zero-order valence-electron chi connectivity index (χ0n) is 10.9. The van der Waals surface area contributed by atoms with Crippen LogP contribution in [0.15, 0.2) is 42.5 Å². The molecule has 0 aliphatic carbocycles. The van der Waals surface area contributed by atoms with Crippen LogP contribution in [0.2, 0.25) is 5.02 Å². The Kier molecular flexibility index (Phi) is 4.40. The highest BCUT2D eigenvalue weighted by atomic mass is 35.5. The van der Waals surface area contributed by atoms with Gasteiger partial charge in [-0.05, 0) is 41.8 Å². The Hall–Kier alpha value is -1.87. The summed E-state index contributed by atoms with van der Waals surface area (Å²) >= 11 is 5.85. The van der Waals surface area contributed by atoms with E-state index in [9.17, 15) is 9.18 Å². The van der Waals surface area contributed by atoms with Gasteiger partial charge in [0.1, 0.15) is 5.82 Å². The third-order valence-corrected chi connectivity index (χ3v) is 3.49. The van der Waals surface area contributed by atoms with Crippen LogP contribution in [-0.2, 0) is 4.79 Å². The van der Waals surface area contributed by atoms with Gasteiger partial charge in [0.2, 0.25) is 0 Å². The molecule has 2 aromatic rings. The molecule has 0 heterocycles. The highest BCUT2D eigenvalue weighted by molar-refractivity contribution is 6.30. The van der Waals surface area contributed by atoms with E-state index in [1.165, 1.54) is 6.07 Å². The van der Waals surface area contributed by atoms with Gasteiger partial charge < -0.3 is 5.11 Å². The number of benzene rings is 2. The number of hydrogen-bond acceptors (Lipinski definition) is 1. The number of carbonyl (C=O) groups is 1. The number of carboxylic acid groups (broad SMARTS) is 1. The van der Waals surface area contributed by atoms with E-state index < -0.39 is 5.97 Å². The molecule has 0 fully saturated rings. The Morgan fingerprint density at radius 2 is 1.80 bits per heavy atom. The molecular weight excluding hydrogens is 279 g/mol. The molecule has 0 bridgehead atoms. The van der Waals surface area contributed by atoms with Gasteiger partial charge in [-0.25, -0.2) is 4.39 Å². The molecule has 2 nitrogen and oxygen atoms in total. The van der Waals surface area contributed by atoms with Crippen molar-refractivity contribution in [2.75, 3.05) is 0 Å². The minimum absolute atomic E-state index is 0.0489. The van der Waals surface area contributed by atoms with Crippen LogP contribution in [0.3, 0.4) is 0 Å². The minimum atomic E-state index is -0.896. The average molecular weight is 293 g/mol. The Morgan fingerprint density at radius 3 is 2.35 bits per heavy atom. The summed E-state index contributed by atoms with van der Waals surface area (Å²) in [7, 11) is 0. The highest BCUT2D eigenvalue weighted by Crippen LogP contribution is 2.30. The molecule has 0 aliphatic heterocycles. The van der Waals surface area contributed by atoms with Gasteiger partial charge in [-0.1, -0.05) is 35.9 Å². The van der Waals surface area contributed by atoms with E-state index >= 15 is 0 Å². The second-order valence-electron chi connectivity index (χ2n) is 4.71. The van der Waals surface area contributed by atoms with Crippen LogP contribution >= 0.6 is 11.6 Å². The van der Waals surface area contributed by atoms with Crippen molar-refractivity contribution in [2.24, 2.45) is 0 Å². The van der Waals surface area contributed by atoms with Crippen molar-refractivity contribution in [3.8, 4) is 0 Å². The van der Waals surface area contributed by atoms with E-state index in [1.54, 1.807) is 43.3 Å². The maximum absolute atomic E-state index is 13.3. The summed E-state index contributed by atoms with van der Waals surface area (Å²) in [6.45, 7) is 1.67. The summed E-state index contributed by atoms with van der Waals surface area (Å²) < 4.78 is 13.3. The molecule has 104 valence electrons. The lowest BCUT2D eigenvalue weighted by Crippen LogP contribution is -2.08. The average Bonchev–Trinajstić information content (AvgIpc) is 2.40. The van der Waals surface area contributed by atoms with Crippen LogP contribution in [0, 0.1) is 12.7 Å². The van der Waals surface area contributed by atoms with Crippen molar-refractivity contribution in [3.05, 3.63) is 70.0 Å². The normalized spacial score (nSPS) is 12.2. The van der Waals surface area contributed by atoms with Gasteiger partial charge in [0.05, 0.1) is 6.42 Å². The summed E-state index contributed by atoms with van der Waals surface area (Å²) in [5.41, 5.74) is 2.14. The second-order valence-corrected chi connectivity index (χ2v) is 5.15. The third kappa shape index (κ3) is 3.36. The van der Waals surface area contributed by atoms with Gasteiger partial charge in [0.15, 0.2) is 0 Å². The molecule has 0 radical (unpaired) electrons. The van der Waals surface area contributed by atoms with Crippen molar-refractivity contribution in [2.45, 2.75) is 19.3 Å². The summed E-state index contributed by atoms with van der Waals surface area (Å²) in [5.74, 6) is -1.50. The molecule has 1 N–H and O–H groups in total. The molecular formula is C16H14ClFO2. The van der Waals surface area contributed by atoms with Crippen LogP contribution < -0.4 is 0 Å². The Labute approximate surface area is 121 Å². The molecule has 2 aromatic carbocycles. The summed E-state index contributed by atoms with van der Waals surface area (Å²) in [6.07, 6.45) is -0.0489. The van der Waals surface area contributed by atoms with Crippen LogP contribution in [0.1, 0.15) is 29.0 Å². The fraction of sp³-hybridized carbons (Fsp3) is 0.188. The number of aryl methyl sites for hydroxylation is 1. The van der Waals surface area contributed by atoms with E-state index in [0.717, 1.165) is 11.1 Å². The largest absolute Gasteiger partial charge is 0.481 e. The van der Waals surface area contributed by atoms with Crippen molar-refractivity contribution in [1.82, 2.24) is 0 Å². The molecule has 1 unspecified atom stereocenters. The predicted molar refractivity (Wildman–Crippen MR) is 76.7 cm³/mol. The first-order chi connectivity index (χ1) is 9.47. The second kappa shape index (κ2) is 6.06. The molecule has 0 saturated heterocycles. The lowest BCUT2D eigenvalue weighted by atomic mass is 9.88. The van der Waals surface area contributed by atoms with E-state index in [2.05, 4.69) is 0 Å². The predicted octanol–water partition coefficient (Wildman–Crippen LogP) is 4.39. The summed E-state index contributed by atoms with van der Waals surface area (Å²) in [5, 5.41) is 9.68. The highest BCUT2D eigenvalue weighted by Gasteiger charge is 2.18. The molecule has 0 aliphatic rings. The summed E-state index contributed by atoms with van der Waals surface area (Å²) in [4.78, 5) is 11.1. The fourth-order valence-electron chi connectivity index (χ4n) is 2.18. The third-order valence-electron chi connectivity index (χ3n) is 3.24. The maximum Gasteiger partial charge on any atom is 0.304 e. The van der Waals surface area contributed by atoms with Gasteiger partial charge in [-0.15, -0.1) is 0 Å². The SMILES string of the molecule is Cc1cc(C(CC(=O)O)c2ccc(Cl)cc2)ccc1F. The van der Waals surface area contributed by atoms with Gasteiger partial charge in [0, 0.05) is 10.9 Å². The first-order valence-corrected chi connectivity index (χ1v) is 6.58. The monoisotopic (exact) mass is 292 g/mol. The Balaban J connectivity index is 2.43. The minimum Gasteiger partial charge on any atom is -0.481 e. The van der Waals surface area contributed by atoms with Crippen LogP contribution in [-0.4, -0.2) is 11.1 Å². The molecule has 1 atom stereocenters. The van der Waals surface area contributed by atoms with Crippen LogP contribution in [0.25, 0.3) is 0 Å². The fourth-order valence-corrected chi connectivity index (χ4v) is 2.31. The standard InChI is InChI=1S/C16H14ClFO2/c1-10-8-12(4-7-15(10)18)14(9-16(19)20)11-2-5-13(17)6-3-11/h2-8,14H,9H2,1H3,(H,19,20). The maximum atomic E-state index is 13.3. The van der Waals surface area contributed by atoms with Crippen molar-refractivity contribution < 1.29 is 14.3 Å². The Morgan fingerprint density at radius 1 is 1.20 bits per heavy atom. The van der Waals surface area contributed by atoms with E-state index in [0.29, 0.717) is 10.6 Å². The van der Waals surface area contributed by atoms with Crippen LogP contribution in [0.5, 0.6) is 0 Å². The number of rotatable bonds is 4. The van der Waals surface area contributed by atoms with Crippen LogP contribution in [0.4, 0.5) is 4.39 Å². The van der Waals surface area contributed by atoms with E-state index in [4.69, 9.17) is 16.7 Å². The van der Waals surface area contributed by atoms with E-state index in [1.807, 2.05) is 0 Å². The van der Waals surface area contributed by atoms with Crippen molar-refractivity contribution in [3.63, 3.8) is 0 Å². The quantitative estimate of drug-likeness (QED) is 0.907. The zero-order chi connectivity index (χ0) is 14.7. The first-order valence-electron chi connectivity index (χ1n) is 6.20. The molecule has 4 heteroatoms. The molecule has 0 aromatic heterocycles. The van der Waals surface area contributed by atoms with Crippen molar-refractivity contribution >= 4 is 17.6 Å².